The van der Waals surface area contributed by atoms with E-state index in [1.54, 1.807) is 24.3 Å². The van der Waals surface area contributed by atoms with E-state index in [1.165, 1.54) is 6.92 Å². The minimum atomic E-state index is -0.154. The highest BCUT2D eigenvalue weighted by Gasteiger charge is 2.27. The van der Waals surface area contributed by atoms with Crippen LogP contribution in [0.5, 0.6) is 11.5 Å². The van der Waals surface area contributed by atoms with Gasteiger partial charge in [0.1, 0.15) is 18.1 Å². The number of Topliss-reactive ketones (excluding diaryl/α,β-unsaturated/α-hetero) is 2. The Morgan fingerprint density at radius 2 is 1.91 bits per heavy atom. The second kappa shape index (κ2) is 6.08. The van der Waals surface area contributed by atoms with E-state index in [9.17, 15) is 9.59 Å². The highest BCUT2D eigenvalue weighted by atomic mass is 16.5. The lowest BCUT2D eigenvalue weighted by Crippen LogP contribution is -2.06. The molecule has 0 fully saturated rings. The molecule has 23 heavy (non-hydrogen) atoms. The first-order valence-electron chi connectivity index (χ1n) is 7.30. The van der Waals surface area contributed by atoms with E-state index in [0.717, 1.165) is 11.1 Å². The van der Waals surface area contributed by atoms with Crippen LogP contribution in [0.2, 0.25) is 0 Å². The molecular weight excluding hydrogens is 292 g/mol. The highest BCUT2D eigenvalue weighted by Crippen LogP contribution is 2.34. The predicted molar refractivity (Wildman–Crippen MR) is 86.7 cm³/mol. The summed E-state index contributed by atoms with van der Waals surface area (Å²) in [5, 5.41) is 0. The number of hydrogen-bond donors (Lipinski definition) is 0. The van der Waals surface area contributed by atoms with Gasteiger partial charge in [-0.1, -0.05) is 29.8 Å². The molecule has 1 aliphatic rings. The van der Waals surface area contributed by atoms with Crippen LogP contribution in [0.25, 0.3) is 6.08 Å². The fourth-order valence-electron chi connectivity index (χ4n) is 2.26. The monoisotopic (exact) mass is 308 g/mol. The van der Waals surface area contributed by atoms with E-state index in [2.05, 4.69) is 0 Å². The molecule has 0 bridgehead atoms. The second-order valence-electron chi connectivity index (χ2n) is 5.50. The smallest absolute Gasteiger partial charge is 0.231 e. The van der Waals surface area contributed by atoms with Gasteiger partial charge in [0.2, 0.25) is 5.78 Å². The third kappa shape index (κ3) is 3.31. The van der Waals surface area contributed by atoms with Gasteiger partial charge >= 0.3 is 0 Å². The Bertz CT molecular complexity index is 801. The van der Waals surface area contributed by atoms with Gasteiger partial charge in [0, 0.05) is 6.07 Å². The van der Waals surface area contributed by atoms with Crippen LogP contribution < -0.4 is 9.47 Å². The summed E-state index contributed by atoms with van der Waals surface area (Å²) in [4.78, 5) is 23.3. The maximum Gasteiger partial charge on any atom is 0.231 e. The van der Waals surface area contributed by atoms with Crippen molar-refractivity contribution in [1.29, 1.82) is 0 Å². The van der Waals surface area contributed by atoms with Gasteiger partial charge < -0.3 is 9.47 Å². The molecule has 0 amide bonds. The minimum Gasteiger partial charge on any atom is -0.486 e. The summed E-state index contributed by atoms with van der Waals surface area (Å²) in [6, 6.07) is 12.8. The molecule has 0 N–H and O–H groups in total. The van der Waals surface area contributed by atoms with Crippen LogP contribution in [-0.2, 0) is 4.79 Å². The third-order valence-corrected chi connectivity index (χ3v) is 3.46. The normalized spacial score (nSPS) is 14.5. The van der Waals surface area contributed by atoms with Gasteiger partial charge in [-0.2, -0.15) is 0 Å². The van der Waals surface area contributed by atoms with Gasteiger partial charge in [0.25, 0.3) is 0 Å². The van der Waals surface area contributed by atoms with E-state index >= 15 is 0 Å². The molecule has 3 rings (SSSR count). The van der Waals surface area contributed by atoms with Crippen LogP contribution in [-0.4, -0.2) is 18.2 Å². The molecule has 0 atom stereocenters. The first-order valence-corrected chi connectivity index (χ1v) is 7.30. The molecule has 4 heteroatoms. The first kappa shape index (κ1) is 15.0. The fraction of sp³-hybridized carbons (Fsp3) is 0.158. The van der Waals surface area contributed by atoms with E-state index in [4.69, 9.17) is 9.47 Å². The van der Waals surface area contributed by atoms with E-state index in [-0.39, 0.29) is 23.9 Å². The lowest BCUT2D eigenvalue weighted by Gasteiger charge is -2.04. The predicted octanol–water partition coefficient (Wildman–Crippen LogP) is 3.58. The van der Waals surface area contributed by atoms with Gasteiger partial charge in [0.15, 0.2) is 11.5 Å². The molecule has 0 aromatic heterocycles. The zero-order valence-corrected chi connectivity index (χ0v) is 13.0. The zero-order valence-electron chi connectivity index (χ0n) is 13.0. The number of ketones is 2. The van der Waals surface area contributed by atoms with Gasteiger partial charge in [-0.3, -0.25) is 9.59 Å². The molecular formula is C19H16O4. The quantitative estimate of drug-likeness (QED) is 0.810. The summed E-state index contributed by atoms with van der Waals surface area (Å²) in [5.74, 6) is 1.02. The molecule has 1 heterocycles. The van der Waals surface area contributed by atoms with Crippen LogP contribution >= 0.6 is 0 Å². The summed E-state index contributed by atoms with van der Waals surface area (Å²) >= 11 is 0. The molecule has 1 aliphatic heterocycles. The fourth-order valence-corrected chi connectivity index (χ4v) is 2.26. The average molecular weight is 308 g/mol. The number of benzene rings is 2. The van der Waals surface area contributed by atoms with Crippen molar-refractivity contribution in [3.05, 3.63) is 64.9 Å². The van der Waals surface area contributed by atoms with Crippen LogP contribution in [0.3, 0.4) is 0 Å². The van der Waals surface area contributed by atoms with Crippen LogP contribution in [0.4, 0.5) is 0 Å². The Hall–Kier alpha value is -2.88. The maximum atomic E-state index is 12.4. The molecule has 0 unspecified atom stereocenters. The van der Waals surface area contributed by atoms with Gasteiger partial charge in [-0.05, 0) is 37.6 Å². The number of ether oxygens (including phenoxy) is 2. The third-order valence-electron chi connectivity index (χ3n) is 3.46. The maximum absolute atomic E-state index is 12.4. The topological polar surface area (TPSA) is 52.6 Å². The standard InChI is InChI=1S/C19H16O4/c1-12-3-5-14(6-4-12)9-18-19(21)16-8-7-15(10-17(16)23-18)22-11-13(2)20/h3-10H,11H2,1-2H3/b18-9+. The Labute approximate surface area is 134 Å². The van der Waals surface area contributed by atoms with E-state index < -0.39 is 0 Å². The summed E-state index contributed by atoms with van der Waals surface area (Å²) in [7, 11) is 0. The highest BCUT2D eigenvalue weighted by molar-refractivity contribution is 6.14. The van der Waals surface area contributed by atoms with Gasteiger partial charge in [-0.15, -0.1) is 0 Å². The largest absolute Gasteiger partial charge is 0.486 e. The van der Waals surface area contributed by atoms with Crippen molar-refractivity contribution in [3.8, 4) is 11.5 Å². The molecule has 0 saturated heterocycles. The summed E-state index contributed by atoms with van der Waals surface area (Å²) in [6.07, 6.45) is 1.72. The number of carbonyl (C=O) groups is 2. The molecule has 0 spiro atoms. The van der Waals surface area contributed by atoms with Crippen molar-refractivity contribution in [2.45, 2.75) is 13.8 Å². The number of allylic oxidation sites excluding steroid dienone is 1. The molecule has 0 radical (unpaired) electrons. The van der Waals surface area contributed by atoms with Crippen molar-refractivity contribution in [1.82, 2.24) is 0 Å². The van der Waals surface area contributed by atoms with Crippen molar-refractivity contribution >= 4 is 17.6 Å². The van der Waals surface area contributed by atoms with E-state index in [1.807, 2.05) is 31.2 Å². The summed E-state index contributed by atoms with van der Waals surface area (Å²) in [5.41, 5.74) is 2.56. The number of aryl methyl sites for hydroxylation is 1. The number of rotatable bonds is 4. The van der Waals surface area contributed by atoms with E-state index in [0.29, 0.717) is 17.1 Å². The first-order chi connectivity index (χ1) is 11.0. The summed E-state index contributed by atoms with van der Waals surface area (Å²) in [6.45, 7) is 3.46. The lowest BCUT2D eigenvalue weighted by molar-refractivity contribution is -0.118. The van der Waals surface area contributed by atoms with Crippen LogP contribution in [0, 0.1) is 6.92 Å². The van der Waals surface area contributed by atoms with Crippen molar-refractivity contribution < 1.29 is 19.1 Å². The van der Waals surface area contributed by atoms with Crippen LogP contribution in [0.15, 0.2) is 48.2 Å². The van der Waals surface area contributed by atoms with Crippen molar-refractivity contribution in [2.75, 3.05) is 6.61 Å². The van der Waals surface area contributed by atoms with Gasteiger partial charge in [0.05, 0.1) is 5.56 Å². The number of hydrogen-bond acceptors (Lipinski definition) is 4. The molecule has 0 aliphatic carbocycles. The lowest BCUT2D eigenvalue weighted by atomic mass is 10.1. The van der Waals surface area contributed by atoms with Gasteiger partial charge in [-0.25, -0.2) is 0 Å². The molecule has 2 aromatic carbocycles. The zero-order chi connectivity index (χ0) is 16.4. The van der Waals surface area contributed by atoms with Crippen LogP contribution in [0.1, 0.15) is 28.4 Å². The number of fused-ring (bicyclic) bond motifs is 1. The van der Waals surface area contributed by atoms with Crippen molar-refractivity contribution in [3.63, 3.8) is 0 Å². The summed E-state index contributed by atoms with van der Waals surface area (Å²) < 4.78 is 11.0. The molecule has 2 aromatic rings. The molecule has 4 nitrogen and oxygen atoms in total. The second-order valence-corrected chi connectivity index (χ2v) is 5.50. The average Bonchev–Trinajstić information content (AvgIpc) is 2.83. The SMILES string of the molecule is CC(=O)COc1ccc2c(c1)O/C(=C/c1ccc(C)cc1)C2=O. The minimum absolute atomic E-state index is 0.00119. The Morgan fingerprint density at radius 1 is 1.17 bits per heavy atom. The molecule has 0 saturated carbocycles. The molecule has 116 valence electrons. The Kier molecular flexibility index (Phi) is 3.98. The Balaban J connectivity index is 1.83. The number of carbonyl (C=O) groups excluding carboxylic acids is 2. The Morgan fingerprint density at radius 3 is 2.61 bits per heavy atom. The van der Waals surface area contributed by atoms with Crippen molar-refractivity contribution in [2.24, 2.45) is 0 Å².